The molecule has 0 aliphatic rings. The molecule has 0 bridgehead atoms. The standard InChI is InChI=1S/C51H31N3O2/c1-3-12-32(13-4-1)33-24-26-34(27-25-33)39-18-10-20-42-46-43(21-11-23-45(46)56-48(39)42)51-53-49(36-14-5-2-6-15-36)52-50(54-51)37-30-28-35(29-31-37)38-17-9-19-41-40-16-7-8-22-44(40)55-47(38)41/h1-31H. The number of para-hydroxylation sites is 3. The van der Waals surface area contributed by atoms with E-state index in [1.165, 1.54) is 11.1 Å². The van der Waals surface area contributed by atoms with Crippen LogP contribution in [0.1, 0.15) is 0 Å². The highest BCUT2D eigenvalue weighted by atomic mass is 16.3. The van der Waals surface area contributed by atoms with E-state index in [4.69, 9.17) is 23.8 Å². The summed E-state index contributed by atoms with van der Waals surface area (Å²) < 4.78 is 13.0. The van der Waals surface area contributed by atoms with E-state index in [0.29, 0.717) is 17.5 Å². The highest BCUT2D eigenvalue weighted by molar-refractivity contribution is 6.15. The zero-order chi connectivity index (χ0) is 37.0. The summed E-state index contributed by atoms with van der Waals surface area (Å²) in [5.41, 5.74) is 12.6. The lowest BCUT2D eigenvalue weighted by molar-refractivity contribution is 0.669. The molecular formula is C51H31N3O2. The molecule has 0 atom stereocenters. The van der Waals surface area contributed by atoms with Crippen LogP contribution in [-0.4, -0.2) is 15.0 Å². The number of hydrogen-bond acceptors (Lipinski definition) is 5. The van der Waals surface area contributed by atoms with Gasteiger partial charge in [0.1, 0.15) is 22.3 Å². The first-order valence-corrected chi connectivity index (χ1v) is 18.7. The Kier molecular flexibility index (Phi) is 7.42. The normalized spacial score (nSPS) is 11.6. The van der Waals surface area contributed by atoms with Gasteiger partial charge in [0.05, 0.1) is 0 Å². The van der Waals surface area contributed by atoms with Gasteiger partial charge in [0, 0.05) is 49.4 Å². The lowest BCUT2D eigenvalue weighted by Crippen LogP contribution is -2.00. The Morgan fingerprint density at radius 1 is 0.268 bits per heavy atom. The fraction of sp³-hybridized carbons (Fsp3) is 0. The Hall–Kier alpha value is -7.63. The molecule has 0 fully saturated rings. The first-order chi connectivity index (χ1) is 27.7. The molecule has 5 nitrogen and oxygen atoms in total. The predicted octanol–water partition coefficient (Wildman–Crippen LogP) is 13.7. The van der Waals surface area contributed by atoms with Crippen LogP contribution in [0.15, 0.2) is 197 Å². The summed E-state index contributed by atoms with van der Waals surface area (Å²) in [6.07, 6.45) is 0. The number of hydrogen-bond donors (Lipinski definition) is 0. The van der Waals surface area contributed by atoms with Crippen LogP contribution in [0.3, 0.4) is 0 Å². The van der Waals surface area contributed by atoms with Gasteiger partial charge in [-0.3, -0.25) is 0 Å². The molecule has 11 aromatic rings. The quantitative estimate of drug-likeness (QED) is 0.171. The van der Waals surface area contributed by atoms with Crippen LogP contribution in [0.25, 0.3) is 111 Å². The largest absolute Gasteiger partial charge is 0.455 e. The lowest BCUT2D eigenvalue weighted by atomic mass is 9.98. The SMILES string of the molecule is c1ccc(-c2ccc(-c3cccc4c3oc3cccc(-c5nc(-c6ccccc6)nc(-c6ccc(-c7cccc8c7oc7ccccc78)cc6)n5)c34)cc2)cc1. The second-order valence-electron chi connectivity index (χ2n) is 13.9. The fourth-order valence-corrected chi connectivity index (χ4v) is 7.85. The van der Waals surface area contributed by atoms with E-state index in [0.717, 1.165) is 82.8 Å². The van der Waals surface area contributed by atoms with Crippen LogP contribution in [-0.2, 0) is 0 Å². The molecule has 0 unspecified atom stereocenters. The molecule has 0 aliphatic heterocycles. The molecule has 56 heavy (non-hydrogen) atoms. The van der Waals surface area contributed by atoms with E-state index in [1.807, 2.05) is 66.7 Å². The zero-order valence-corrected chi connectivity index (χ0v) is 30.1. The maximum absolute atomic E-state index is 6.67. The fourth-order valence-electron chi connectivity index (χ4n) is 7.85. The molecule has 0 amide bonds. The second kappa shape index (κ2) is 13.0. The molecule has 0 saturated carbocycles. The van der Waals surface area contributed by atoms with E-state index in [2.05, 4.69) is 121 Å². The number of furan rings is 2. The highest BCUT2D eigenvalue weighted by Gasteiger charge is 2.20. The molecule has 0 spiro atoms. The van der Waals surface area contributed by atoms with Crippen molar-refractivity contribution in [2.45, 2.75) is 0 Å². The maximum atomic E-state index is 6.67. The molecule has 0 N–H and O–H groups in total. The average Bonchev–Trinajstić information content (AvgIpc) is 3.86. The van der Waals surface area contributed by atoms with Crippen molar-refractivity contribution in [3.8, 4) is 67.5 Å². The van der Waals surface area contributed by atoms with Crippen LogP contribution < -0.4 is 0 Å². The first-order valence-electron chi connectivity index (χ1n) is 18.7. The summed E-state index contributed by atoms with van der Waals surface area (Å²) in [7, 11) is 0. The smallest absolute Gasteiger partial charge is 0.164 e. The van der Waals surface area contributed by atoms with Gasteiger partial charge in [-0.1, -0.05) is 176 Å². The minimum atomic E-state index is 0.580. The second-order valence-corrected chi connectivity index (χ2v) is 13.9. The van der Waals surface area contributed by atoms with Gasteiger partial charge < -0.3 is 8.83 Å². The monoisotopic (exact) mass is 717 g/mol. The third-order valence-corrected chi connectivity index (χ3v) is 10.6. The van der Waals surface area contributed by atoms with Gasteiger partial charge in [0.2, 0.25) is 0 Å². The topological polar surface area (TPSA) is 65.0 Å². The Morgan fingerprint density at radius 2 is 0.696 bits per heavy atom. The minimum absolute atomic E-state index is 0.580. The summed E-state index contributed by atoms with van der Waals surface area (Å²) in [5.74, 6) is 1.77. The molecule has 3 heterocycles. The number of nitrogens with zero attached hydrogens (tertiary/aromatic N) is 3. The minimum Gasteiger partial charge on any atom is -0.455 e. The van der Waals surface area contributed by atoms with E-state index >= 15 is 0 Å². The van der Waals surface area contributed by atoms with Crippen LogP contribution >= 0.6 is 0 Å². The Morgan fingerprint density at radius 3 is 1.39 bits per heavy atom. The molecule has 0 radical (unpaired) electrons. The van der Waals surface area contributed by atoms with Crippen LogP contribution in [0.5, 0.6) is 0 Å². The van der Waals surface area contributed by atoms with Gasteiger partial charge in [-0.25, -0.2) is 15.0 Å². The molecule has 0 aliphatic carbocycles. The number of aromatic nitrogens is 3. The summed E-state index contributed by atoms with van der Waals surface area (Å²) in [5, 5.41) is 4.19. The van der Waals surface area contributed by atoms with Crippen molar-refractivity contribution in [3.05, 3.63) is 188 Å². The van der Waals surface area contributed by atoms with Crippen molar-refractivity contribution in [1.29, 1.82) is 0 Å². The van der Waals surface area contributed by atoms with Gasteiger partial charge in [0.15, 0.2) is 17.5 Å². The van der Waals surface area contributed by atoms with Crippen molar-refractivity contribution >= 4 is 43.9 Å². The number of benzene rings is 8. The van der Waals surface area contributed by atoms with E-state index in [9.17, 15) is 0 Å². The van der Waals surface area contributed by atoms with E-state index in [1.54, 1.807) is 0 Å². The number of rotatable bonds is 6. The van der Waals surface area contributed by atoms with Crippen molar-refractivity contribution in [1.82, 2.24) is 15.0 Å². The molecule has 8 aromatic carbocycles. The Labute approximate surface area is 322 Å². The van der Waals surface area contributed by atoms with Crippen molar-refractivity contribution in [3.63, 3.8) is 0 Å². The molecule has 5 heteroatoms. The third-order valence-electron chi connectivity index (χ3n) is 10.6. The van der Waals surface area contributed by atoms with E-state index in [-0.39, 0.29) is 0 Å². The summed E-state index contributed by atoms with van der Waals surface area (Å²) in [4.78, 5) is 15.3. The lowest BCUT2D eigenvalue weighted by Gasteiger charge is -2.10. The molecule has 0 saturated heterocycles. The molecule has 262 valence electrons. The molecule has 11 rings (SSSR count). The van der Waals surface area contributed by atoms with Crippen LogP contribution in [0, 0.1) is 0 Å². The predicted molar refractivity (Wildman–Crippen MR) is 227 cm³/mol. The van der Waals surface area contributed by atoms with Gasteiger partial charge in [-0.2, -0.15) is 0 Å². The van der Waals surface area contributed by atoms with Gasteiger partial charge >= 0.3 is 0 Å². The van der Waals surface area contributed by atoms with Crippen molar-refractivity contribution < 1.29 is 8.83 Å². The molecule has 3 aromatic heterocycles. The Balaban J connectivity index is 1.03. The van der Waals surface area contributed by atoms with Crippen molar-refractivity contribution in [2.75, 3.05) is 0 Å². The third kappa shape index (κ3) is 5.37. The number of fused-ring (bicyclic) bond motifs is 6. The van der Waals surface area contributed by atoms with Gasteiger partial charge in [-0.05, 0) is 34.4 Å². The zero-order valence-electron chi connectivity index (χ0n) is 30.1. The van der Waals surface area contributed by atoms with Crippen LogP contribution in [0.2, 0.25) is 0 Å². The van der Waals surface area contributed by atoms with E-state index < -0.39 is 0 Å². The van der Waals surface area contributed by atoms with Gasteiger partial charge in [-0.15, -0.1) is 0 Å². The average molecular weight is 718 g/mol. The molecular weight excluding hydrogens is 687 g/mol. The maximum Gasteiger partial charge on any atom is 0.164 e. The van der Waals surface area contributed by atoms with Crippen molar-refractivity contribution in [2.24, 2.45) is 0 Å². The summed E-state index contributed by atoms with van der Waals surface area (Å²) >= 11 is 0. The summed E-state index contributed by atoms with van der Waals surface area (Å²) in [6, 6.07) is 64.4. The van der Waals surface area contributed by atoms with Gasteiger partial charge in [0.25, 0.3) is 0 Å². The Bertz CT molecular complexity index is 3220. The summed E-state index contributed by atoms with van der Waals surface area (Å²) in [6.45, 7) is 0. The van der Waals surface area contributed by atoms with Crippen LogP contribution in [0.4, 0.5) is 0 Å². The first kappa shape index (κ1) is 31.9. The highest BCUT2D eigenvalue weighted by Crippen LogP contribution is 2.41.